The number of carbonyl (C=O) groups excluding carboxylic acids is 1. The van der Waals surface area contributed by atoms with E-state index in [1.165, 1.54) is 6.42 Å². The van der Waals surface area contributed by atoms with Gasteiger partial charge in [-0.15, -0.1) is 11.3 Å². The number of ether oxygens (including phenoxy) is 1. The van der Waals surface area contributed by atoms with E-state index >= 15 is 0 Å². The monoisotopic (exact) mass is 345 g/mol. The number of aromatic nitrogens is 1. The minimum atomic E-state index is 0.0249. The second-order valence-corrected chi connectivity index (χ2v) is 7.63. The summed E-state index contributed by atoms with van der Waals surface area (Å²) in [6, 6.07) is 6.33. The first kappa shape index (κ1) is 16.0. The largest absolute Gasteiger partial charge is 0.380 e. The number of nitrogens with one attached hydrogen (secondary N) is 1. The molecule has 2 saturated heterocycles. The Balaban J connectivity index is 1.26. The summed E-state index contributed by atoms with van der Waals surface area (Å²) in [5, 5.41) is 3.11. The molecule has 24 heavy (non-hydrogen) atoms. The Bertz CT molecular complexity index is 703. The molecule has 1 atom stereocenters. The zero-order valence-electron chi connectivity index (χ0n) is 13.7. The van der Waals surface area contributed by atoms with Gasteiger partial charge < -0.3 is 10.1 Å². The SMILES string of the molecule is O=C(NCC1CCN(C2CCOC2)CC1)c1ccc2ncsc2c1. The van der Waals surface area contributed by atoms with E-state index in [2.05, 4.69) is 15.2 Å². The molecule has 5 nitrogen and oxygen atoms in total. The lowest BCUT2D eigenvalue weighted by molar-refractivity contribution is 0.0911. The van der Waals surface area contributed by atoms with Crippen LogP contribution in [0.3, 0.4) is 0 Å². The van der Waals surface area contributed by atoms with E-state index in [0.29, 0.717) is 12.0 Å². The van der Waals surface area contributed by atoms with Gasteiger partial charge in [0.05, 0.1) is 22.3 Å². The fourth-order valence-electron chi connectivity index (χ4n) is 3.67. The number of likely N-dealkylation sites (tertiary alicyclic amines) is 1. The first-order valence-corrected chi connectivity index (χ1v) is 9.61. The topological polar surface area (TPSA) is 54.5 Å². The summed E-state index contributed by atoms with van der Waals surface area (Å²) >= 11 is 1.57. The predicted molar refractivity (Wildman–Crippen MR) is 95.5 cm³/mol. The van der Waals surface area contributed by atoms with Crippen LogP contribution in [-0.2, 0) is 4.74 Å². The molecule has 0 spiro atoms. The van der Waals surface area contributed by atoms with Crippen molar-refractivity contribution in [3.05, 3.63) is 29.3 Å². The van der Waals surface area contributed by atoms with Crippen molar-refractivity contribution in [3.63, 3.8) is 0 Å². The number of thiazole rings is 1. The molecule has 2 fully saturated rings. The van der Waals surface area contributed by atoms with Gasteiger partial charge in [-0.3, -0.25) is 9.69 Å². The molecule has 1 aromatic carbocycles. The maximum atomic E-state index is 12.4. The zero-order chi connectivity index (χ0) is 16.4. The first-order valence-electron chi connectivity index (χ1n) is 8.73. The number of hydrogen-bond donors (Lipinski definition) is 1. The summed E-state index contributed by atoms with van der Waals surface area (Å²) in [7, 11) is 0. The molecule has 0 radical (unpaired) electrons. The lowest BCUT2D eigenvalue weighted by Crippen LogP contribution is -2.43. The van der Waals surface area contributed by atoms with Crippen LogP contribution in [0.25, 0.3) is 10.2 Å². The van der Waals surface area contributed by atoms with Gasteiger partial charge in [-0.1, -0.05) is 0 Å². The Morgan fingerprint density at radius 2 is 2.21 bits per heavy atom. The van der Waals surface area contributed by atoms with Crippen molar-refractivity contribution in [3.8, 4) is 0 Å². The molecule has 4 rings (SSSR count). The van der Waals surface area contributed by atoms with E-state index in [0.717, 1.165) is 61.5 Å². The highest BCUT2D eigenvalue weighted by atomic mass is 32.1. The van der Waals surface area contributed by atoms with Crippen LogP contribution in [0.2, 0.25) is 0 Å². The van der Waals surface area contributed by atoms with E-state index in [1.54, 1.807) is 11.3 Å². The lowest BCUT2D eigenvalue weighted by atomic mass is 9.95. The van der Waals surface area contributed by atoms with Crippen LogP contribution >= 0.6 is 11.3 Å². The van der Waals surface area contributed by atoms with Gasteiger partial charge in [0.15, 0.2) is 0 Å². The number of hydrogen-bond acceptors (Lipinski definition) is 5. The summed E-state index contributed by atoms with van der Waals surface area (Å²) in [5.74, 6) is 0.608. The number of amides is 1. The highest BCUT2D eigenvalue weighted by molar-refractivity contribution is 7.16. The Kier molecular flexibility index (Phi) is 4.78. The Labute approximate surface area is 146 Å². The van der Waals surface area contributed by atoms with E-state index < -0.39 is 0 Å². The third kappa shape index (κ3) is 3.45. The molecule has 1 amide bonds. The highest BCUT2D eigenvalue weighted by Gasteiger charge is 2.27. The second-order valence-electron chi connectivity index (χ2n) is 6.74. The minimum absolute atomic E-state index is 0.0249. The molecular formula is C18H23N3O2S. The minimum Gasteiger partial charge on any atom is -0.380 e. The normalized spacial score (nSPS) is 22.9. The van der Waals surface area contributed by atoms with Crippen LogP contribution < -0.4 is 5.32 Å². The van der Waals surface area contributed by atoms with Crippen molar-refractivity contribution in [1.29, 1.82) is 0 Å². The number of fused-ring (bicyclic) bond motifs is 1. The van der Waals surface area contributed by atoms with Crippen molar-refractivity contribution < 1.29 is 9.53 Å². The first-order chi connectivity index (χ1) is 11.8. The van der Waals surface area contributed by atoms with Gasteiger partial charge in [-0.2, -0.15) is 0 Å². The van der Waals surface area contributed by atoms with Crippen molar-refractivity contribution in [1.82, 2.24) is 15.2 Å². The maximum absolute atomic E-state index is 12.4. The molecule has 2 aliphatic heterocycles. The van der Waals surface area contributed by atoms with Gasteiger partial charge in [-0.25, -0.2) is 4.98 Å². The Morgan fingerprint density at radius 3 is 3.00 bits per heavy atom. The van der Waals surface area contributed by atoms with Crippen LogP contribution in [-0.4, -0.2) is 54.7 Å². The van der Waals surface area contributed by atoms with Gasteiger partial charge in [0.2, 0.25) is 0 Å². The van der Waals surface area contributed by atoms with Gasteiger partial charge in [0.1, 0.15) is 0 Å². The third-order valence-electron chi connectivity index (χ3n) is 5.22. The van der Waals surface area contributed by atoms with Crippen molar-refractivity contribution in [2.24, 2.45) is 5.92 Å². The summed E-state index contributed by atoms with van der Waals surface area (Å²) < 4.78 is 6.55. The second kappa shape index (κ2) is 7.17. The number of nitrogens with zero attached hydrogens (tertiary/aromatic N) is 2. The van der Waals surface area contributed by atoms with Gasteiger partial charge in [-0.05, 0) is 56.5 Å². The molecule has 1 unspecified atom stereocenters. The smallest absolute Gasteiger partial charge is 0.251 e. The molecule has 1 N–H and O–H groups in total. The molecule has 1 aromatic heterocycles. The van der Waals surface area contributed by atoms with Crippen molar-refractivity contribution in [2.45, 2.75) is 25.3 Å². The molecule has 0 saturated carbocycles. The zero-order valence-corrected chi connectivity index (χ0v) is 14.6. The lowest BCUT2D eigenvalue weighted by Gasteiger charge is -2.35. The Morgan fingerprint density at radius 1 is 1.33 bits per heavy atom. The molecule has 0 bridgehead atoms. The van der Waals surface area contributed by atoms with Crippen LogP contribution in [0.4, 0.5) is 0 Å². The van der Waals surface area contributed by atoms with Crippen LogP contribution in [0.1, 0.15) is 29.6 Å². The standard InChI is InChI=1S/C18H23N3O2S/c22-18(14-1-2-16-17(9-14)24-12-20-16)19-10-13-3-6-21(7-4-13)15-5-8-23-11-15/h1-2,9,12-13,15H,3-8,10-11H2,(H,19,22). The van der Waals surface area contributed by atoms with Crippen LogP contribution in [0.15, 0.2) is 23.7 Å². The summed E-state index contributed by atoms with van der Waals surface area (Å²) in [6.45, 7) is 4.82. The summed E-state index contributed by atoms with van der Waals surface area (Å²) in [4.78, 5) is 19.2. The van der Waals surface area contributed by atoms with Gasteiger partial charge >= 0.3 is 0 Å². The van der Waals surface area contributed by atoms with E-state index in [9.17, 15) is 4.79 Å². The molecule has 2 aromatic rings. The molecule has 6 heteroatoms. The van der Waals surface area contributed by atoms with Crippen molar-refractivity contribution >= 4 is 27.5 Å². The number of benzene rings is 1. The van der Waals surface area contributed by atoms with E-state index in [-0.39, 0.29) is 5.91 Å². The predicted octanol–water partition coefficient (Wildman–Crippen LogP) is 2.53. The summed E-state index contributed by atoms with van der Waals surface area (Å²) in [6.07, 6.45) is 3.48. The fourth-order valence-corrected chi connectivity index (χ4v) is 4.38. The molecule has 2 aliphatic rings. The van der Waals surface area contributed by atoms with Gasteiger partial charge in [0.25, 0.3) is 5.91 Å². The summed E-state index contributed by atoms with van der Waals surface area (Å²) in [5.41, 5.74) is 3.50. The quantitative estimate of drug-likeness (QED) is 0.925. The van der Waals surface area contributed by atoms with E-state index in [1.807, 2.05) is 23.7 Å². The average Bonchev–Trinajstić information content (AvgIpc) is 3.30. The third-order valence-corrected chi connectivity index (χ3v) is 6.01. The number of carbonyl (C=O) groups is 1. The average molecular weight is 345 g/mol. The van der Waals surface area contributed by atoms with E-state index in [4.69, 9.17) is 4.74 Å². The van der Waals surface area contributed by atoms with Gasteiger partial charge in [0, 0.05) is 24.8 Å². The number of piperidine rings is 1. The maximum Gasteiger partial charge on any atom is 0.251 e. The highest BCUT2D eigenvalue weighted by Crippen LogP contribution is 2.22. The Hall–Kier alpha value is -1.50. The van der Waals surface area contributed by atoms with Crippen LogP contribution in [0, 0.1) is 5.92 Å². The molecular weight excluding hydrogens is 322 g/mol. The fraction of sp³-hybridized carbons (Fsp3) is 0.556. The number of rotatable bonds is 4. The molecule has 3 heterocycles. The molecule has 128 valence electrons. The van der Waals surface area contributed by atoms with Crippen LogP contribution in [0.5, 0.6) is 0 Å². The van der Waals surface area contributed by atoms with Crippen molar-refractivity contribution in [2.75, 3.05) is 32.8 Å². The molecule has 0 aliphatic carbocycles.